The molecule has 80 valence electrons. The summed E-state index contributed by atoms with van der Waals surface area (Å²) in [4.78, 5) is 12.2. The van der Waals surface area contributed by atoms with Gasteiger partial charge in [0.05, 0.1) is 10.5 Å². The molecule has 0 aromatic heterocycles. The van der Waals surface area contributed by atoms with Crippen molar-refractivity contribution < 1.29 is 4.92 Å². The highest BCUT2D eigenvalue weighted by atomic mass is 79.9. The van der Waals surface area contributed by atoms with Crippen LogP contribution >= 0.6 is 15.9 Å². The normalized spacial score (nSPS) is 10.6. The van der Waals surface area contributed by atoms with Crippen LogP contribution in [0.3, 0.4) is 0 Å². The van der Waals surface area contributed by atoms with Gasteiger partial charge < -0.3 is 4.90 Å². The van der Waals surface area contributed by atoms with Gasteiger partial charge in [-0.2, -0.15) is 0 Å². The second kappa shape index (κ2) is 4.93. The summed E-state index contributed by atoms with van der Waals surface area (Å²) < 4.78 is 0.825. The average molecular weight is 271 g/mol. The second-order valence-electron chi connectivity index (χ2n) is 3.24. The third kappa shape index (κ3) is 3.36. The van der Waals surface area contributed by atoms with Gasteiger partial charge in [0.2, 0.25) is 0 Å². The summed E-state index contributed by atoms with van der Waals surface area (Å²) in [5.41, 5.74) is 0.694. The Morgan fingerprint density at radius 1 is 1.47 bits per heavy atom. The summed E-state index contributed by atoms with van der Waals surface area (Å²) in [5, 5.41) is 10.7. The van der Waals surface area contributed by atoms with E-state index in [2.05, 4.69) is 15.9 Å². The van der Waals surface area contributed by atoms with E-state index in [4.69, 9.17) is 0 Å². The summed E-state index contributed by atoms with van der Waals surface area (Å²) in [6.07, 6.45) is 3.48. The fourth-order valence-corrected chi connectivity index (χ4v) is 1.43. The molecule has 0 fully saturated rings. The monoisotopic (exact) mass is 270 g/mol. The molecule has 5 heteroatoms. The highest BCUT2D eigenvalue weighted by Crippen LogP contribution is 2.24. The van der Waals surface area contributed by atoms with Crippen molar-refractivity contribution in [2.75, 3.05) is 14.1 Å². The van der Waals surface area contributed by atoms with Crippen molar-refractivity contribution in [2.24, 2.45) is 0 Å². The summed E-state index contributed by atoms with van der Waals surface area (Å²) >= 11 is 3.28. The average Bonchev–Trinajstić information content (AvgIpc) is 2.14. The van der Waals surface area contributed by atoms with E-state index in [0.717, 1.165) is 4.47 Å². The van der Waals surface area contributed by atoms with Gasteiger partial charge in [0.1, 0.15) is 0 Å². The number of nitro groups is 1. The predicted octanol–water partition coefficient (Wildman–Crippen LogP) is 2.89. The fraction of sp³-hybridized carbons (Fsp3) is 0.200. The summed E-state index contributed by atoms with van der Waals surface area (Å²) in [7, 11) is 3.72. The summed E-state index contributed by atoms with van der Waals surface area (Å²) in [6.45, 7) is 0. The molecule has 0 aliphatic carbocycles. The van der Waals surface area contributed by atoms with Gasteiger partial charge in [-0.3, -0.25) is 10.1 Å². The number of benzene rings is 1. The maximum Gasteiger partial charge on any atom is 0.276 e. The van der Waals surface area contributed by atoms with Gasteiger partial charge in [-0.05, 0) is 24.4 Å². The molecule has 0 atom stereocenters. The van der Waals surface area contributed by atoms with Crippen molar-refractivity contribution in [3.05, 3.63) is 44.5 Å². The quantitative estimate of drug-likeness (QED) is 0.627. The Hall–Kier alpha value is -1.36. The smallest absolute Gasteiger partial charge is 0.276 e. The standard InChI is InChI=1S/C10H11BrN2O2/c1-12(2)6-5-8-7-9(11)3-4-10(8)13(14)15/h3-7H,1-2H3. The van der Waals surface area contributed by atoms with Crippen LogP contribution in [0.4, 0.5) is 5.69 Å². The Balaban J connectivity index is 3.13. The van der Waals surface area contributed by atoms with Crippen molar-refractivity contribution in [3.63, 3.8) is 0 Å². The van der Waals surface area contributed by atoms with Gasteiger partial charge in [0, 0.05) is 24.6 Å². The highest BCUT2D eigenvalue weighted by Gasteiger charge is 2.10. The first kappa shape index (κ1) is 11.7. The van der Waals surface area contributed by atoms with Crippen LogP contribution in [-0.4, -0.2) is 23.9 Å². The van der Waals surface area contributed by atoms with E-state index in [1.807, 2.05) is 19.0 Å². The lowest BCUT2D eigenvalue weighted by molar-refractivity contribution is -0.385. The van der Waals surface area contributed by atoms with Crippen LogP contribution in [0, 0.1) is 10.1 Å². The van der Waals surface area contributed by atoms with Crippen LogP contribution in [-0.2, 0) is 0 Å². The van der Waals surface area contributed by atoms with Gasteiger partial charge in [-0.1, -0.05) is 15.9 Å². The third-order valence-electron chi connectivity index (χ3n) is 1.74. The van der Waals surface area contributed by atoms with Crippen LogP contribution in [0.1, 0.15) is 5.56 Å². The fourth-order valence-electron chi connectivity index (χ4n) is 1.05. The Bertz CT molecular complexity index is 402. The third-order valence-corrected chi connectivity index (χ3v) is 2.23. The topological polar surface area (TPSA) is 46.4 Å². The molecule has 4 nitrogen and oxygen atoms in total. The summed E-state index contributed by atoms with van der Waals surface area (Å²) in [6, 6.07) is 4.86. The SMILES string of the molecule is CN(C)C=Cc1cc(Br)ccc1[N+](=O)[O-]. The molecule has 0 N–H and O–H groups in total. The van der Waals surface area contributed by atoms with Crippen LogP contribution < -0.4 is 0 Å². The number of hydrogen-bond donors (Lipinski definition) is 0. The van der Waals surface area contributed by atoms with Gasteiger partial charge in [-0.25, -0.2) is 0 Å². The Morgan fingerprint density at radius 3 is 2.67 bits per heavy atom. The lowest BCUT2D eigenvalue weighted by Crippen LogP contribution is -2.00. The molecule has 0 aliphatic rings. The minimum Gasteiger partial charge on any atom is -0.383 e. The minimum absolute atomic E-state index is 0.108. The molecule has 0 aliphatic heterocycles. The predicted molar refractivity (Wildman–Crippen MR) is 63.5 cm³/mol. The van der Waals surface area contributed by atoms with Crippen molar-refractivity contribution in [1.29, 1.82) is 0 Å². The van der Waals surface area contributed by atoms with Crippen molar-refractivity contribution in [2.45, 2.75) is 0 Å². The van der Waals surface area contributed by atoms with E-state index < -0.39 is 0 Å². The Kier molecular flexibility index (Phi) is 3.85. The first-order chi connectivity index (χ1) is 7.00. The maximum atomic E-state index is 10.7. The lowest BCUT2D eigenvalue weighted by Gasteiger charge is -2.03. The van der Waals surface area contributed by atoms with Gasteiger partial charge in [-0.15, -0.1) is 0 Å². The van der Waals surface area contributed by atoms with Crippen LogP contribution in [0.15, 0.2) is 28.9 Å². The van der Waals surface area contributed by atoms with Gasteiger partial charge in [0.25, 0.3) is 5.69 Å². The lowest BCUT2D eigenvalue weighted by atomic mass is 10.2. The molecule has 0 unspecified atom stereocenters. The molecular formula is C10H11BrN2O2. The highest BCUT2D eigenvalue weighted by molar-refractivity contribution is 9.10. The van der Waals surface area contributed by atoms with E-state index >= 15 is 0 Å². The molecule has 1 aromatic carbocycles. The van der Waals surface area contributed by atoms with Crippen LogP contribution in [0.25, 0.3) is 6.08 Å². The first-order valence-corrected chi connectivity index (χ1v) is 5.08. The van der Waals surface area contributed by atoms with Crippen molar-refractivity contribution >= 4 is 27.7 Å². The summed E-state index contributed by atoms with van der Waals surface area (Å²) in [5.74, 6) is 0. The number of hydrogen-bond acceptors (Lipinski definition) is 3. The van der Waals surface area contributed by atoms with Crippen LogP contribution in [0.5, 0.6) is 0 Å². The zero-order chi connectivity index (χ0) is 11.4. The molecule has 0 spiro atoms. The molecular weight excluding hydrogens is 260 g/mol. The van der Waals surface area contributed by atoms with E-state index in [-0.39, 0.29) is 10.6 Å². The largest absolute Gasteiger partial charge is 0.383 e. The van der Waals surface area contributed by atoms with Crippen molar-refractivity contribution in [3.8, 4) is 0 Å². The molecule has 1 aromatic rings. The number of nitrogens with zero attached hydrogens (tertiary/aromatic N) is 2. The zero-order valence-electron chi connectivity index (χ0n) is 8.48. The van der Waals surface area contributed by atoms with E-state index in [9.17, 15) is 10.1 Å². The maximum absolute atomic E-state index is 10.7. The zero-order valence-corrected chi connectivity index (χ0v) is 10.1. The number of nitro benzene ring substituents is 1. The number of rotatable bonds is 3. The van der Waals surface area contributed by atoms with E-state index in [0.29, 0.717) is 5.56 Å². The van der Waals surface area contributed by atoms with Crippen molar-refractivity contribution in [1.82, 2.24) is 4.90 Å². The molecule has 0 amide bonds. The molecule has 15 heavy (non-hydrogen) atoms. The molecule has 0 saturated carbocycles. The second-order valence-corrected chi connectivity index (χ2v) is 4.16. The van der Waals surface area contributed by atoms with Crippen LogP contribution in [0.2, 0.25) is 0 Å². The van der Waals surface area contributed by atoms with Gasteiger partial charge in [0.15, 0.2) is 0 Å². The van der Waals surface area contributed by atoms with Gasteiger partial charge >= 0.3 is 0 Å². The Labute approximate surface area is 96.5 Å². The Morgan fingerprint density at radius 2 is 2.13 bits per heavy atom. The molecule has 0 heterocycles. The first-order valence-electron chi connectivity index (χ1n) is 4.29. The molecule has 0 bridgehead atoms. The van der Waals surface area contributed by atoms with E-state index in [1.54, 1.807) is 24.4 Å². The number of halogens is 1. The molecule has 0 radical (unpaired) electrons. The molecule has 0 saturated heterocycles. The minimum atomic E-state index is -0.387. The molecule has 1 rings (SSSR count). The van der Waals surface area contributed by atoms with E-state index in [1.165, 1.54) is 6.07 Å².